The maximum absolute atomic E-state index is 6.36. The molecule has 0 aliphatic rings. The zero-order chi connectivity index (χ0) is 18.8. The Morgan fingerprint density at radius 3 is 2.74 bits per heavy atom. The highest BCUT2D eigenvalue weighted by molar-refractivity contribution is 6.35. The minimum atomic E-state index is 0.627. The number of rotatable bonds is 6. The van der Waals surface area contributed by atoms with Gasteiger partial charge in [-0.3, -0.25) is 0 Å². The first-order valence-corrected chi connectivity index (χ1v) is 9.42. The normalized spacial score (nSPS) is 11.2. The van der Waals surface area contributed by atoms with Gasteiger partial charge in [0.25, 0.3) is 0 Å². The molecule has 2 aromatic heterocycles. The van der Waals surface area contributed by atoms with Crippen molar-refractivity contribution < 1.29 is 0 Å². The lowest BCUT2D eigenvalue weighted by atomic mass is 10.2. The van der Waals surface area contributed by atoms with Crippen LogP contribution in [0.4, 0.5) is 5.95 Å². The summed E-state index contributed by atoms with van der Waals surface area (Å²) in [6, 6.07) is 13.9. The number of halogens is 2. The number of aromatic nitrogens is 5. The molecule has 0 bridgehead atoms. The lowest BCUT2D eigenvalue weighted by Gasteiger charge is -2.08. The van der Waals surface area contributed by atoms with Crippen LogP contribution in [0.1, 0.15) is 18.1 Å². The number of para-hydroxylation sites is 1. The molecule has 0 saturated heterocycles. The van der Waals surface area contributed by atoms with Crippen molar-refractivity contribution in [1.82, 2.24) is 24.8 Å². The van der Waals surface area contributed by atoms with Gasteiger partial charge in [0.2, 0.25) is 5.95 Å². The van der Waals surface area contributed by atoms with Gasteiger partial charge in [-0.15, -0.1) is 0 Å². The Morgan fingerprint density at radius 2 is 1.93 bits per heavy atom. The molecule has 8 heteroatoms. The van der Waals surface area contributed by atoms with Gasteiger partial charge in [-0.2, -0.15) is 0 Å². The van der Waals surface area contributed by atoms with E-state index in [2.05, 4.69) is 43.7 Å². The van der Waals surface area contributed by atoms with Crippen molar-refractivity contribution in [3.8, 4) is 0 Å². The average molecular weight is 401 g/mol. The van der Waals surface area contributed by atoms with Gasteiger partial charge in [-0.25, -0.2) is 4.68 Å². The number of hydrogen-bond donors (Lipinski definition) is 1. The van der Waals surface area contributed by atoms with E-state index in [4.69, 9.17) is 23.2 Å². The summed E-state index contributed by atoms with van der Waals surface area (Å²) in [5, 5.41) is 17.5. The first kappa shape index (κ1) is 17.8. The second kappa shape index (κ2) is 7.58. The molecule has 6 nitrogen and oxygen atoms in total. The number of hydrogen-bond acceptors (Lipinski definition) is 4. The third kappa shape index (κ3) is 3.63. The molecule has 0 fully saturated rings. The molecule has 27 heavy (non-hydrogen) atoms. The van der Waals surface area contributed by atoms with Crippen LogP contribution in [0.15, 0.2) is 48.7 Å². The van der Waals surface area contributed by atoms with Crippen molar-refractivity contribution in [3.05, 3.63) is 69.8 Å². The Labute approximate surface area is 166 Å². The number of benzene rings is 2. The maximum Gasteiger partial charge on any atom is 0.243 e. The molecule has 0 unspecified atom stereocenters. The van der Waals surface area contributed by atoms with Crippen molar-refractivity contribution in [2.24, 2.45) is 0 Å². The summed E-state index contributed by atoms with van der Waals surface area (Å²) in [5.41, 5.74) is 3.34. The number of anilines is 1. The van der Waals surface area contributed by atoms with Crippen molar-refractivity contribution in [3.63, 3.8) is 0 Å². The van der Waals surface area contributed by atoms with Crippen LogP contribution < -0.4 is 5.32 Å². The lowest BCUT2D eigenvalue weighted by Crippen LogP contribution is -2.07. The Hall–Kier alpha value is -2.57. The highest BCUT2D eigenvalue weighted by Crippen LogP contribution is 2.26. The van der Waals surface area contributed by atoms with E-state index in [-0.39, 0.29) is 0 Å². The number of aryl methyl sites for hydroxylation is 1. The summed E-state index contributed by atoms with van der Waals surface area (Å²) in [5.74, 6) is 0.662. The lowest BCUT2D eigenvalue weighted by molar-refractivity contribution is 0.629. The second-order valence-corrected chi connectivity index (χ2v) is 7.05. The third-order valence-corrected chi connectivity index (χ3v) is 5.08. The van der Waals surface area contributed by atoms with Gasteiger partial charge < -0.3 is 9.88 Å². The van der Waals surface area contributed by atoms with E-state index in [9.17, 15) is 0 Å². The van der Waals surface area contributed by atoms with Crippen LogP contribution in [0, 0.1) is 0 Å². The van der Waals surface area contributed by atoms with Crippen LogP contribution in [0.25, 0.3) is 10.9 Å². The van der Waals surface area contributed by atoms with Gasteiger partial charge in [0.05, 0.1) is 0 Å². The van der Waals surface area contributed by atoms with Crippen molar-refractivity contribution in [1.29, 1.82) is 0 Å². The van der Waals surface area contributed by atoms with Crippen LogP contribution in [0.3, 0.4) is 0 Å². The first-order valence-electron chi connectivity index (χ1n) is 8.66. The van der Waals surface area contributed by atoms with E-state index < -0.39 is 0 Å². The molecule has 0 atom stereocenters. The molecule has 2 aromatic carbocycles. The molecule has 0 aliphatic carbocycles. The van der Waals surface area contributed by atoms with E-state index in [0.29, 0.717) is 35.6 Å². The standard InChI is InChI=1S/C19H18Cl2N6/c1-2-27-19(23-24-25-27)22-10-14-12-26(18-6-4-3-5-16(14)18)11-13-7-8-15(20)9-17(13)21/h3-9,12H,2,10-11H2,1H3,(H,22,23,25). The number of fused-ring (bicyclic) bond motifs is 1. The van der Waals surface area contributed by atoms with Crippen LogP contribution in [-0.2, 0) is 19.6 Å². The van der Waals surface area contributed by atoms with Crippen molar-refractivity contribution >= 4 is 40.1 Å². The van der Waals surface area contributed by atoms with E-state index >= 15 is 0 Å². The maximum atomic E-state index is 6.36. The SMILES string of the molecule is CCn1nnnc1NCc1cn(Cc2ccc(Cl)cc2Cl)c2ccccc12. The smallest absolute Gasteiger partial charge is 0.243 e. The van der Waals surface area contributed by atoms with E-state index in [1.807, 2.05) is 31.2 Å². The van der Waals surface area contributed by atoms with E-state index in [1.165, 1.54) is 10.9 Å². The van der Waals surface area contributed by atoms with Crippen LogP contribution in [-0.4, -0.2) is 24.8 Å². The van der Waals surface area contributed by atoms with Crippen LogP contribution >= 0.6 is 23.2 Å². The summed E-state index contributed by atoms with van der Waals surface area (Å²) in [6.07, 6.45) is 2.14. The third-order valence-electron chi connectivity index (χ3n) is 4.50. The zero-order valence-electron chi connectivity index (χ0n) is 14.7. The summed E-state index contributed by atoms with van der Waals surface area (Å²) in [6.45, 7) is 4.01. The minimum Gasteiger partial charge on any atom is -0.349 e. The molecule has 1 N–H and O–H groups in total. The van der Waals surface area contributed by atoms with Crippen molar-refractivity contribution in [2.45, 2.75) is 26.6 Å². The molecule has 0 amide bonds. The Balaban J connectivity index is 1.64. The van der Waals surface area contributed by atoms with Gasteiger partial charge in [0.15, 0.2) is 0 Å². The predicted molar refractivity (Wildman–Crippen MR) is 108 cm³/mol. The highest BCUT2D eigenvalue weighted by Gasteiger charge is 2.11. The fourth-order valence-corrected chi connectivity index (χ4v) is 3.61. The zero-order valence-corrected chi connectivity index (χ0v) is 16.2. The first-order chi connectivity index (χ1) is 13.2. The molecular formula is C19H18Cl2N6. The molecule has 0 radical (unpaired) electrons. The molecular weight excluding hydrogens is 383 g/mol. The summed E-state index contributed by atoms with van der Waals surface area (Å²) in [7, 11) is 0. The largest absolute Gasteiger partial charge is 0.349 e. The molecule has 0 aliphatic heterocycles. The number of nitrogens with zero attached hydrogens (tertiary/aromatic N) is 5. The van der Waals surface area contributed by atoms with Gasteiger partial charge in [0.1, 0.15) is 0 Å². The molecule has 4 aromatic rings. The molecule has 4 rings (SSSR count). The minimum absolute atomic E-state index is 0.627. The summed E-state index contributed by atoms with van der Waals surface area (Å²) >= 11 is 12.4. The second-order valence-electron chi connectivity index (χ2n) is 6.21. The van der Waals surface area contributed by atoms with Gasteiger partial charge in [-0.1, -0.05) is 52.6 Å². The Bertz CT molecular complexity index is 1080. The molecule has 138 valence electrons. The van der Waals surface area contributed by atoms with Crippen molar-refractivity contribution in [2.75, 3.05) is 5.32 Å². The molecule has 0 saturated carbocycles. The average Bonchev–Trinajstić information content (AvgIpc) is 3.27. The number of tetrazole rings is 1. The monoisotopic (exact) mass is 400 g/mol. The van der Waals surface area contributed by atoms with Crippen LogP contribution in [0.5, 0.6) is 0 Å². The highest BCUT2D eigenvalue weighted by atomic mass is 35.5. The topological polar surface area (TPSA) is 60.6 Å². The molecule has 0 spiro atoms. The Kier molecular flexibility index (Phi) is 5.01. The summed E-state index contributed by atoms with van der Waals surface area (Å²) in [4.78, 5) is 0. The predicted octanol–water partition coefficient (Wildman–Crippen LogP) is 4.61. The van der Waals surface area contributed by atoms with Crippen LogP contribution in [0.2, 0.25) is 10.0 Å². The van der Waals surface area contributed by atoms with E-state index in [0.717, 1.165) is 11.1 Å². The van der Waals surface area contributed by atoms with E-state index in [1.54, 1.807) is 10.7 Å². The number of nitrogens with one attached hydrogen (secondary N) is 1. The van der Waals surface area contributed by atoms with Gasteiger partial charge in [0, 0.05) is 46.8 Å². The summed E-state index contributed by atoms with van der Waals surface area (Å²) < 4.78 is 3.93. The van der Waals surface area contributed by atoms with Gasteiger partial charge in [-0.05, 0) is 46.7 Å². The quantitative estimate of drug-likeness (QED) is 0.513. The fourth-order valence-electron chi connectivity index (χ4n) is 3.15. The fraction of sp³-hybridized carbons (Fsp3) is 0.211. The van der Waals surface area contributed by atoms with Gasteiger partial charge >= 0.3 is 0 Å². The molecule has 2 heterocycles. The Morgan fingerprint density at radius 1 is 1.07 bits per heavy atom.